The molecule has 0 bridgehead atoms. The van der Waals surface area contributed by atoms with Crippen LogP contribution in [0.2, 0.25) is 0 Å². The Labute approximate surface area is 122 Å². The van der Waals surface area contributed by atoms with Gasteiger partial charge in [0.1, 0.15) is 0 Å². The summed E-state index contributed by atoms with van der Waals surface area (Å²) in [6.45, 7) is 5.84. The summed E-state index contributed by atoms with van der Waals surface area (Å²) in [6, 6.07) is 0.943. The standard InChI is InChI=1S/C15H19F2NO3/c1-4-8(2)5-9(3)18-14(19)10-6-12(16)13(17)7-11(10)15(20)21/h6-9H,4-5H2,1-3H3,(H,18,19)(H,20,21). The Hall–Kier alpha value is -1.98. The molecule has 0 heterocycles. The lowest BCUT2D eigenvalue weighted by Crippen LogP contribution is -2.34. The lowest BCUT2D eigenvalue weighted by molar-refractivity contribution is 0.0689. The van der Waals surface area contributed by atoms with E-state index in [-0.39, 0.29) is 11.6 Å². The Kier molecular flexibility index (Phi) is 5.81. The molecular formula is C15H19F2NO3. The van der Waals surface area contributed by atoms with Gasteiger partial charge in [0.05, 0.1) is 11.1 Å². The van der Waals surface area contributed by atoms with Gasteiger partial charge in [0.15, 0.2) is 11.6 Å². The van der Waals surface area contributed by atoms with Crippen molar-refractivity contribution in [2.45, 2.75) is 39.7 Å². The van der Waals surface area contributed by atoms with Crippen molar-refractivity contribution >= 4 is 11.9 Å². The smallest absolute Gasteiger partial charge is 0.336 e. The van der Waals surface area contributed by atoms with Crippen LogP contribution in [0.4, 0.5) is 8.78 Å². The van der Waals surface area contributed by atoms with E-state index in [0.717, 1.165) is 6.42 Å². The first-order chi connectivity index (χ1) is 9.76. The van der Waals surface area contributed by atoms with Gasteiger partial charge in [-0.1, -0.05) is 20.3 Å². The molecule has 0 aromatic heterocycles. The van der Waals surface area contributed by atoms with Crippen molar-refractivity contribution < 1.29 is 23.5 Å². The van der Waals surface area contributed by atoms with Gasteiger partial charge in [0.2, 0.25) is 0 Å². The lowest BCUT2D eigenvalue weighted by Gasteiger charge is -2.18. The number of benzene rings is 1. The molecule has 0 saturated carbocycles. The number of carbonyl (C=O) groups is 2. The number of nitrogens with one attached hydrogen (secondary N) is 1. The molecule has 0 aliphatic rings. The number of amides is 1. The third-order valence-corrected chi connectivity index (χ3v) is 3.37. The highest BCUT2D eigenvalue weighted by Crippen LogP contribution is 2.16. The molecule has 0 spiro atoms. The van der Waals surface area contributed by atoms with Crippen LogP contribution < -0.4 is 5.32 Å². The lowest BCUT2D eigenvalue weighted by atomic mass is 9.99. The number of hydrogen-bond acceptors (Lipinski definition) is 2. The Balaban J connectivity index is 2.96. The monoisotopic (exact) mass is 299 g/mol. The summed E-state index contributed by atoms with van der Waals surface area (Å²) in [7, 11) is 0. The van der Waals surface area contributed by atoms with Crippen LogP contribution >= 0.6 is 0 Å². The first-order valence-electron chi connectivity index (χ1n) is 6.79. The van der Waals surface area contributed by atoms with E-state index in [0.29, 0.717) is 24.5 Å². The van der Waals surface area contributed by atoms with Crippen LogP contribution in [0.25, 0.3) is 0 Å². The van der Waals surface area contributed by atoms with Gasteiger partial charge < -0.3 is 10.4 Å². The van der Waals surface area contributed by atoms with Gasteiger partial charge in [-0.25, -0.2) is 13.6 Å². The molecule has 0 fully saturated rings. The van der Waals surface area contributed by atoms with Crippen LogP contribution in [-0.4, -0.2) is 23.0 Å². The molecule has 0 saturated heterocycles. The van der Waals surface area contributed by atoms with Crippen molar-refractivity contribution in [2.24, 2.45) is 5.92 Å². The minimum atomic E-state index is -1.48. The van der Waals surface area contributed by atoms with Crippen molar-refractivity contribution in [3.05, 3.63) is 34.9 Å². The minimum absolute atomic E-state index is 0.192. The molecule has 1 rings (SSSR count). The zero-order valence-electron chi connectivity index (χ0n) is 12.2. The predicted octanol–water partition coefficient (Wildman–Crippen LogP) is 3.22. The summed E-state index contributed by atoms with van der Waals surface area (Å²) in [5.74, 6) is -4.35. The Morgan fingerprint density at radius 3 is 2.19 bits per heavy atom. The Bertz CT molecular complexity index is 546. The first kappa shape index (κ1) is 17.1. The van der Waals surface area contributed by atoms with Crippen LogP contribution in [0.3, 0.4) is 0 Å². The molecule has 21 heavy (non-hydrogen) atoms. The van der Waals surface area contributed by atoms with E-state index in [2.05, 4.69) is 5.32 Å². The molecule has 2 atom stereocenters. The molecule has 1 aromatic carbocycles. The van der Waals surface area contributed by atoms with Crippen molar-refractivity contribution in [3.63, 3.8) is 0 Å². The summed E-state index contributed by atoms with van der Waals surface area (Å²) >= 11 is 0. The second-order valence-electron chi connectivity index (χ2n) is 5.24. The summed E-state index contributed by atoms with van der Waals surface area (Å²) in [5, 5.41) is 11.6. The van der Waals surface area contributed by atoms with E-state index in [1.807, 2.05) is 13.8 Å². The molecule has 1 aromatic rings. The maximum absolute atomic E-state index is 13.2. The van der Waals surface area contributed by atoms with Crippen LogP contribution in [0.5, 0.6) is 0 Å². The normalized spacial score (nSPS) is 13.6. The number of aromatic carboxylic acids is 1. The van der Waals surface area contributed by atoms with Crippen LogP contribution in [0, 0.1) is 17.6 Å². The van der Waals surface area contributed by atoms with Crippen LogP contribution in [0.15, 0.2) is 12.1 Å². The minimum Gasteiger partial charge on any atom is -0.478 e. The summed E-state index contributed by atoms with van der Waals surface area (Å²) in [4.78, 5) is 23.1. The van der Waals surface area contributed by atoms with E-state index >= 15 is 0 Å². The van der Waals surface area contributed by atoms with Crippen molar-refractivity contribution in [2.75, 3.05) is 0 Å². The summed E-state index contributed by atoms with van der Waals surface area (Å²) in [6.07, 6.45) is 1.67. The largest absolute Gasteiger partial charge is 0.478 e. The van der Waals surface area contributed by atoms with Crippen LogP contribution in [0.1, 0.15) is 54.3 Å². The van der Waals surface area contributed by atoms with Gasteiger partial charge in [-0.05, 0) is 31.4 Å². The topological polar surface area (TPSA) is 66.4 Å². The maximum Gasteiger partial charge on any atom is 0.336 e. The average molecular weight is 299 g/mol. The summed E-state index contributed by atoms with van der Waals surface area (Å²) in [5.41, 5.74) is -0.931. The number of halogens is 2. The predicted molar refractivity (Wildman–Crippen MR) is 74.3 cm³/mol. The summed E-state index contributed by atoms with van der Waals surface area (Å²) < 4.78 is 26.3. The molecule has 116 valence electrons. The third-order valence-electron chi connectivity index (χ3n) is 3.37. The Morgan fingerprint density at radius 1 is 1.19 bits per heavy atom. The van der Waals surface area contributed by atoms with Gasteiger partial charge >= 0.3 is 5.97 Å². The van der Waals surface area contributed by atoms with Crippen LogP contribution in [-0.2, 0) is 0 Å². The molecule has 4 nitrogen and oxygen atoms in total. The zero-order chi connectivity index (χ0) is 16.2. The highest BCUT2D eigenvalue weighted by atomic mass is 19.2. The number of carboxylic acid groups (broad SMARTS) is 1. The zero-order valence-corrected chi connectivity index (χ0v) is 12.2. The van der Waals surface area contributed by atoms with E-state index in [4.69, 9.17) is 5.11 Å². The molecule has 2 unspecified atom stereocenters. The fraction of sp³-hybridized carbons (Fsp3) is 0.467. The Morgan fingerprint density at radius 2 is 1.71 bits per heavy atom. The first-order valence-corrected chi connectivity index (χ1v) is 6.79. The van der Waals surface area contributed by atoms with E-state index in [9.17, 15) is 18.4 Å². The molecule has 0 radical (unpaired) electrons. The molecule has 6 heteroatoms. The molecule has 0 aliphatic heterocycles. The molecule has 0 aliphatic carbocycles. The number of carboxylic acids is 1. The van der Waals surface area contributed by atoms with Crippen molar-refractivity contribution in [1.82, 2.24) is 5.32 Å². The van der Waals surface area contributed by atoms with E-state index in [1.54, 1.807) is 6.92 Å². The number of carbonyl (C=O) groups excluding carboxylic acids is 1. The van der Waals surface area contributed by atoms with E-state index < -0.39 is 29.1 Å². The molecule has 2 N–H and O–H groups in total. The highest BCUT2D eigenvalue weighted by Gasteiger charge is 2.21. The quantitative estimate of drug-likeness (QED) is 0.847. The maximum atomic E-state index is 13.2. The second kappa shape index (κ2) is 7.15. The third kappa shape index (κ3) is 4.51. The van der Waals surface area contributed by atoms with Gasteiger partial charge in [0, 0.05) is 6.04 Å². The highest BCUT2D eigenvalue weighted by molar-refractivity contribution is 6.04. The van der Waals surface area contributed by atoms with Crippen molar-refractivity contribution in [3.8, 4) is 0 Å². The SMILES string of the molecule is CCC(C)CC(C)NC(=O)c1cc(F)c(F)cc1C(=O)O. The van der Waals surface area contributed by atoms with Gasteiger partial charge in [0.25, 0.3) is 5.91 Å². The number of rotatable bonds is 6. The second-order valence-corrected chi connectivity index (χ2v) is 5.24. The average Bonchev–Trinajstić information content (AvgIpc) is 2.40. The van der Waals surface area contributed by atoms with Gasteiger partial charge in [-0.15, -0.1) is 0 Å². The molecular weight excluding hydrogens is 280 g/mol. The number of hydrogen-bond donors (Lipinski definition) is 2. The molecule has 1 amide bonds. The van der Waals surface area contributed by atoms with Gasteiger partial charge in [-0.3, -0.25) is 4.79 Å². The fourth-order valence-electron chi connectivity index (χ4n) is 2.04. The van der Waals surface area contributed by atoms with Gasteiger partial charge in [-0.2, -0.15) is 0 Å². The van der Waals surface area contributed by atoms with E-state index in [1.165, 1.54) is 0 Å². The van der Waals surface area contributed by atoms with Crippen molar-refractivity contribution in [1.29, 1.82) is 0 Å². The fourth-order valence-corrected chi connectivity index (χ4v) is 2.04.